The number of amides is 1. The summed E-state index contributed by atoms with van der Waals surface area (Å²) < 4.78 is 19.1. The molecule has 0 aliphatic carbocycles. The molecule has 1 amide bonds. The van der Waals surface area contributed by atoms with Gasteiger partial charge < -0.3 is 15.8 Å². The summed E-state index contributed by atoms with van der Waals surface area (Å²) in [5.74, 6) is -0.447. The third kappa shape index (κ3) is 3.95. The third-order valence-electron chi connectivity index (χ3n) is 2.72. The first kappa shape index (κ1) is 14.8. The summed E-state index contributed by atoms with van der Waals surface area (Å²) in [6.45, 7) is 3.86. The monoisotopic (exact) mass is 288 g/mol. The topological polar surface area (TPSA) is 64.3 Å². The third-order valence-corrected chi connectivity index (χ3v) is 2.72. The molecular weight excluding hydrogens is 271 g/mol. The van der Waals surface area contributed by atoms with Crippen molar-refractivity contribution in [3.63, 3.8) is 0 Å². The number of hydrogen-bond donors (Lipinski definition) is 2. The summed E-state index contributed by atoms with van der Waals surface area (Å²) in [7, 11) is 0. The van der Waals surface area contributed by atoms with E-state index in [9.17, 15) is 9.18 Å². The number of carbonyl (C=O) groups is 1. The van der Waals surface area contributed by atoms with Crippen LogP contribution in [0.2, 0.25) is 0 Å². The van der Waals surface area contributed by atoms with Gasteiger partial charge in [0.05, 0.1) is 11.7 Å². The molecule has 2 aromatic rings. The van der Waals surface area contributed by atoms with Crippen molar-refractivity contribution in [3.8, 4) is 5.75 Å². The van der Waals surface area contributed by atoms with Gasteiger partial charge in [0.1, 0.15) is 11.6 Å². The van der Waals surface area contributed by atoms with Gasteiger partial charge in [0.25, 0.3) is 5.91 Å². The second-order valence-electron chi connectivity index (χ2n) is 4.88. The Morgan fingerprint density at radius 1 is 1.19 bits per heavy atom. The second kappa shape index (κ2) is 6.26. The maximum Gasteiger partial charge on any atom is 0.258 e. The van der Waals surface area contributed by atoms with Crippen LogP contribution in [0.3, 0.4) is 0 Å². The van der Waals surface area contributed by atoms with E-state index in [0.717, 1.165) is 0 Å². The minimum atomic E-state index is -0.610. The highest BCUT2D eigenvalue weighted by atomic mass is 19.1. The van der Waals surface area contributed by atoms with Gasteiger partial charge in [-0.05, 0) is 56.3 Å². The molecule has 0 heterocycles. The number of anilines is 2. The van der Waals surface area contributed by atoms with Crippen LogP contribution in [0.4, 0.5) is 15.8 Å². The maximum atomic E-state index is 13.6. The summed E-state index contributed by atoms with van der Waals surface area (Å²) in [6, 6.07) is 10.8. The maximum absolute atomic E-state index is 13.6. The van der Waals surface area contributed by atoms with Gasteiger partial charge in [0.15, 0.2) is 0 Å². The van der Waals surface area contributed by atoms with Crippen molar-refractivity contribution >= 4 is 17.3 Å². The Kier molecular flexibility index (Phi) is 4.42. The molecule has 0 unspecified atom stereocenters. The van der Waals surface area contributed by atoms with E-state index in [4.69, 9.17) is 10.5 Å². The van der Waals surface area contributed by atoms with Crippen molar-refractivity contribution in [2.75, 3.05) is 11.1 Å². The van der Waals surface area contributed by atoms with Gasteiger partial charge >= 0.3 is 0 Å². The molecule has 0 atom stereocenters. The number of benzene rings is 2. The van der Waals surface area contributed by atoms with Crippen LogP contribution in [0.5, 0.6) is 5.75 Å². The Morgan fingerprint density at radius 2 is 1.86 bits per heavy atom. The molecule has 0 saturated carbocycles. The zero-order valence-electron chi connectivity index (χ0n) is 11.9. The summed E-state index contributed by atoms with van der Waals surface area (Å²) in [4.78, 5) is 12.0. The van der Waals surface area contributed by atoms with Gasteiger partial charge in [-0.25, -0.2) is 4.39 Å². The fraction of sp³-hybridized carbons (Fsp3) is 0.188. The largest absolute Gasteiger partial charge is 0.491 e. The summed E-state index contributed by atoms with van der Waals surface area (Å²) in [6.07, 6.45) is 0.0758. The number of hydrogen-bond acceptors (Lipinski definition) is 3. The van der Waals surface area contributed by atoms with Crippen LogP contribution in [-0.2, 0) is 0 Å². The number of rotatable bonds is 4. The summed E-state index contributed by atoms with van der Waals surface area (Å²) in [5.41, 5.74) is 6.37. The van der Waals surface area contributed by atoms with Crippen LogP contribution in [-0.4, -0.2) is 12.0 Å². The highest BCUT2D eigenvalue weighted by molar-refractivity contribution is 6.04. The van der Waals surface area contributed by atoms with E-state index in [-0.39, 0.29) is 11.7 Å². The van der Waals surface area contributed by atoms with E-state index in [2.05, 4.69) is 5.32 Å². The molecule has 0 spiro atoms. The summed E-state index contributed by atoms with van der Waals surface area (Å²) >= 11 is 0. The molecule has 0 fully saturated rings. The molecule has 0 aliphatic heterocycles. The van der Waals surface area contributed by atoms with E-state index in [0.29, 0.717) is 17.1 Å². The predicted octanol–water partition coefficient (Wildman–Crippen LogP) is 3.45. The summed E-state index contributed by atoms with van der Waals surface area (Å²) in [5, 5.41) is 2.62. The Balaban J connectivity index is 2.10. The highest BCUT2D eigenvalue weighted by Crippen LogP contribution is 2.19. The van der Waals surface area contributed by atoms with Crippen molar-refractivity contribution < 1.29 is 13.9 Å². The van der Waals surface area contributed by atoms with Gasteiger partial charge in [-0.3, -0.25) is 4.79 Å². The lowest BCUT2D eigenvalue weighted by Gasteiger charge is -2.11. The van der Waals surface area contributed by atoms with Gasteiger partial charge in [0.2, 0.25) is 0 Å². The van der Waals surface area contributed by atoms with E-state index in [1.165, 1.54) is 18.2 Å². The SMILES string of the molecule is CC(C)Oc1ccc(NC(=O)c2cc(N)ccc2F)cc1. The average Bonchev–Trinajstić information content (AvgIpc) is 2.43. The zero-order valence-corrected chi connectivity index (χ0v) is 11.9. The lowest BCUT2D eigenvalue weighted by atomic mass is 10.1. The molecule has 0 aliphatic rings. The lowest BCUT2D eigenvalue weighted by Crippen LogP contribution is -2.14. The van der Waals surface area contributed by atoms with Gasteiger partial charge in [0, 0.05) is 11.4 Å². The average molecular weight is 288 g/mol. The Morgan fingerprint density at radius 3 is 2.48 bits per heavy atom. The second-order valence-corrected chi connectivity index (χ2v) is 4.88. The van der Waals surface area contributed by atoms with Crippen molar-refractivity contribution in [2.45, 2.75) is 20.0 Å². The Bertz CT molecular complexity index is 639. The molecule has 0 saturated heterocycles. The number of nitrogen functional groups attached to an aromatic ring is 1. The van der Waals surface area contributed by atoms with Gasteiger partial charge in [-0.1, -0.05) is 0 Å². The molecular formula is C16H17FN2O2. The molecule has 0 aromatic heterocycles. The minimum absolute atomic E-state index is 0.0758. The first-order valence-electron chi connectivity index (χ1n) is 6.59. The normalized spacial score (nSPS) is 10.5. The van der Waals surface area contributed by atoms with Crippen LogP contribution in [0.1, 0.15) is 24.2 Å². The highest BCUT2D eigenvalue weighted by Gasteiger charge is 2.12. The fourth-order valence-corrected chi connectivity index (χ4v) is 1.80. The Hall–Kier alpha value is -2.56. The first-order valence-corrected chi connectivity index (χ1v) is 6.59. The number of carbonyl (C=O) groups excluding carboxylic acids is 1. The molecule has 110 valence electrons. The van der Waals surface area contributed by atoms with Crippen LogP contribution >= 0.6 is 0 Å². The number of nitrogens with two attached hydrogens (primary N) is 1. The molecule has 5 heteroatoms. The smallest absolute Gasteiger partial charge is 0.258 e. The predicted molar refractivity (Wildman–Crippen MR) is 81.0 cm³/mol. The molecule has 21 heavy (non-hydrogen) atoms. The van der Waals surface area contributed by atoms with E-state index >= 15 is 0 Å². The number of ether oxygens (including phenoxy) is 1. The van der Waals surface area contributed by atoms with E-state index in [1.54, 1.807) is 24.3 Å². The van der Waals surface area contributed by atoms with Crippen LogP contribution in [0.25, 0.3) is 0 Å². The molecule has 4 nitrogen and oxygen atoms in total. The van der Waals surface area contributed by atoms with Crippen molar-refractivity contribution in [1.29, 1.82) is 0 Å². The Labute approximate surface area is 122 Å². The molecule has 2 aromatic carbocycles. The van der Waals surface area contributed by atoms with Crippen molar-refractivity contribution in [1.82, 2.24) is 0 Å². The zero-order chi connectivity index (χ0) is 15.4. The molecule has 2 rings (SSSR count). The van der Waals surface area contributed by atoms with E-state index < -0.39 is 11.7 Å². The van der Waals surface area contributed by atoms with Crippen LogP contribution < -0.4 is 15.8 Å². The van der Waals surface area contributed by atoms with Crippen molar-refractivity contribution in [3.05, 3.63) is 53.8 Å². The van der Waals surface area contributed by atoms with Gasteiger partial charge in [-0.15, -0.1) is 0 Å². The molecule has 0 bridgehead atoms. The molecule has 0 radical (unpaired) electrons. The lowest BCUT2D eigenvalue weighted by molar-refractivity contribution is 0.102. The number of halogens is 1. The quantitative estimate of drug-likeness (QED) is 0.847. The van der Waals surface area contributed by atoms with Crippen LogP contribution in [0, 0.1) is 5.82 Å². The molecule has 3 N–H and O–H groups in total. The van der Waals surface area contributed by atoms with E-state index in [1.807, 2.05) is 13.8 Å². The fourth-order valence-electron chi connectivity index (χ4n) is 1.80. The minimum Gasteiger partial charge on any atom is -0.491 e. The van der Waals surface area contributed by atoms with Crippen LogP contribution in [0.15, 0.2) is 42.5 Å². The van der Waals surface area contributed by atoms with Crippen molar-refractivity contribution in [2.24, 2.45) is 0 Å². The van der Waals surface area contributed by atoms with Gasteiger partial charge in [-0.2, -0.15) is 0 Å². The standard InChI is InChI=1S/C16H17FN2O2/c1-10(2)21-13-6-4-12(5-7-13)19-16(20)14-9-11(18)3-8-15(14)17/h3-10H,18H2,1-2H3,(H,19,20). The number of nitrogens with one attached hydrogen (secondary N) is 1. The first-order chi connectivity index (χ1) is 9.95.